The lowest BCUT2D eigenvalue weighted by Gasteiger charge is -2.11. The molecule has 4 rings (SSSR count). The van der Waals surface area contributed by atoms with Crippen LogP contribution in [0.5, 0.6) is 0 Å². The minimum Gasteiger partial charge on any atom is -0.478 e. The van der Waals surface area contributed by atoms with Crippen LogP contribution in [0, 0.1) is 19.7 Å². The number of carboxylic acid groups (broad SMARTS) is 1. The molecule has 31 heavy (non-hydrogen) atoms. The summed E-state index contributed by atoms with van der Waals surface area (Å²) in [6.07, 6.45) is 1.44. The van der Waals surface area contributed by atoms with Crippen LogP contribution in [0.25, 0.3) is 22.2 Å². The molecule has 0 radical (unpaired) electrons. The molecule has 0 atom stereocenters. The molecule has 2 aromatic carbocycles. The first kappa shape index (κ1) is 20.8. The van der Waals surface area contributed by atoms with Gasteiger partial charge >= 0.3 is 5.97 Å². The summed E-state index contributed by atoms with van der Waals surface area (Å²) in [5.41, 5.74) is 4.20. The monoisotopic (exact) mass is 438 g/mol. The topological polar surface area (TPSA) is 80.0 Å². The summed E-state index contributed by atoms with van der Waals surface area (Å²) in [5, 5.41) is 13.6. The second-order valence-corrected chi connectivity index (χ2v) is 7.72. The molecule has 0 fully saturated rings. The molecule has 0 aliphatic carbocycles. The van der Waals surface area contributed by atoms with Crippen LogP contribution >= 0.6 is 11.6 Å². The van der Waals surface area contributed by atoms with Crippen molar-refractivity contribution in [2.45, 2.75) is 20.4 Å². The molecule has 0 amide bonds. The standard InChI is InChI=1S/C23H20ClFN4O2/c1-13-7-16(25)10-21-18(13)8-14(2)29(21)6-5-26-22-11-20(27-12-28-22)15-3-4-17(23(30)31)19(24)9-15/h3-4,7-12H,5-6H2,1-2H3,(H,30,31)(H,26,27,28). The van der Waals surface area contributed by atoms with Crippen molar-refractivity contribution >= 4 is 34.3 Å². The van der Waals surface area contributed by atoms with Crippen molar-refractivity contribution in [1.82, 2.24) is 14.5 Å². The van der Waals surface area contributed by atoms with Crippen LogP contribution in [0.15, 0.2) is 48.8 Å². The first-order chi connectivity index (χ1) is 14.8. The Morgan fingerprint density at radius 1 is 1.16 bits per heavy atom. The minimum atomic E-state index is -1.08. The first-order valence-electron chi connectivity index (χ1n) is 9.68. The maximum Gasteiger partial charge on any atom is 0.337 e. The fourth-order valence-corrected chi connectivity index (χ4v) is 3.94. The van der Waals surface area contributed by atoms with Crippen molar-refractivity contribution in [3.05, 3.63) is 76.5 Å². The number of hydrogen-bond acceptors (Lipinski definition) is 4. The normalized spacial score (nSPS) is 11.1. The summed E-state index contributed by atoms with van der Waals surface area (Å²) < 4.78 is 16.0. The molecule has 0 unspecified atom stereocenters. The van der Waals surface area contributed by atoms with E-state index in [0.29, 0.717) is 30.2 Å². The third-order valence-electron chi connectivity index (χ3n) is 5.20. The number of aromatic nitrogens is 3. The molecular weight excluding hydrogens is 419 g/mol. The maximum atomic E-state index is 13.9. The van der Waals surface area contributed by atoms with E-state index in [1.807, 2.05) is 13.8 Å². The van der Waals surface area contributed by atoms with Crippen molar-refractivity contribution < 1.29 is 14.3 Å². The molecular formula is C23H20ClFN4O2. The number of carbonyl (C=O) groups is 1. The molecule has 0 aliphatic heterocycles. The number of halogens is 2. The molecule has 158 valence electrons. The maximum absolute atomic E-state index is 13.9. The van der Waals surface area contributed by atoms with E-state index in [1.165, 1.54) is 12.4 Å². The number of hydrogen-bond donors (Lipinski definition) is 2. The van der Waals surface area contributed by atoms with Crippen molar-refractivity contribution in [3.8, 4) is 11.3 Å². The van der Waals surface area contributed by atoms with E-state index in [2.05, 4.69) is 25.9 Å². The van der Waals surface area contributed by atoms with Crippen LogP contribution in [0.2, 0.25) is 5.02 Å². The lowest BCUT2D eigenvalue weighted by molar-refractivity contribution is 0.0697. The van der Waals surface area contributed by atoms with Gasteiger partial charge in [-0.05, 0) is 49.7 Å². The zero-order valence-corrected chi connectivity index (χ0v) is 17.7. The number of aromatic carboxylic acids is 1. The van der Waals surface area contributed by atoms with Gasteiger partial charge in [-0.3, -0.25) is 0 Å². The van der Waals surface area contributed by atoms with Gasteiger partial charge in [-0.1, -0.05) is 17.7 Å². The van der Waals surface area contributed by atoms with Gasteiger partial charge in [0.05, 0.1) is 21.8 Å². The Kier molecular flexibility index (Phi) is 5.61. The van der Waals surface area contributed by atoms with E-state index in [0.717, 1.165) is 22.2 Å². The molecule has 8 heteroatoms. The van der Waals surface area contributed by atoms with Crippen LogP contribution in [-0.4, -0.2) is 32.2 Å². The average molecular weight is 439 g/mol. The van der Waals surface area contributed by atoms with Crippen molar-refractivity contribution in [1.29, 1.82) is 0 Å². The number of benzene rings is 2. The predicted octanol–water partition coefficient (Wildman–Crippen LogP) is 5.32. The molecule has 4 aromatic rings. The number of rotatable bonds is 6. The largest absolute Gasteiger partial charge is 0.478 e. The highest BCUT2D eigenvalue weighted by Gasteiger charge is 2.12. The van der Waals surface area contributed by atoms with Crippen LogP contribution in [-0.2, 0) is 6.54 Å². The lowest BCUT2D eigenvalue weighted by atomic mass is 10.1. The van der Waals surface area contributed by atoms with Gasteiger partial charge in [0.15, 0.2) is 0 Å². The number of anilines is 1. The Hall–Kier alpha value is -3.45. The second kappa shape index (κ2) is 8.35. The predicted molar refractivity (Wildman–Crippen MR) is 119 cm³/mol. The van der Waals surface area contributed by atoms with Gasteiger partial charge in [-0.2, -0.15) is 0 Å². The SMILES string of the molecule is Cc1cc(F)cc2c1cc(C)n2CCNc1cc(-c2ccc(C(=O)O)c(Cl)c2)ncn1. The van der Waals surface area contributed by atoms with Crippen LogP contribution < -0.4 is 5.32 Å². The van der Waals surface area contributed by atoms with Crippen LogP contribution in [0.1, 0.15) is 21.6 Å². The van der Waals surface area contributed by atoms with Gasteiger partial charge in [-0.15, -0.1) is 0 Å². The highest BCUT2D eigenvalue weighted by molar-refractivity contribution is 6.33. The van der Waals surface area contributed by atoms with Gasteiger partial charge in [0.1, 0.15) is 18.0 Å². The highest BCUT2D eigenvalue weighted by Crippen LogP contribution is 2.26. The van der Waals surface area contributed by atoms with E-state index >= 15 is 0 Å². The molecule has 2 heterocycles. The van der Waals surface area contributed by atoms with Gasteiger partial charge in [0, 0.05) is 35.8 Å². The Bertz CT molecular complexity index is 1300. The highest BCUT2D eigenvalue weighted by atomic mass is 35.5. The Morgan fingerprint density at radius 3 is 2.71 bits per heavy atom. The van der Waals surface area contributed by atoms with E-state index in [-0.39, 0.29) is 16.4 Å². The third-order valence-corrected chi connectivity index (χ3v) is 5.52. The van der Waals surface area contributed by atoms with E-state index < -0.39 is 5.97 Å². The zero-order chi connectivity index (χ0) is 22.1. The van der Waals surface area contributed by atoms with Gasteiger partial charge in [0.25, 0.3) is 0 Å². The molecule has 6 nitrogen and oxygen atoms in total. The van der Waals surface area contributed by atoms with Gasteiger partial charge in [-0.25, -0.2) is 19.2 Å². The quantitative estimate of drug-likeness (QED) is 0.426. The lowest BCUT2D eigenvalue weighted by Crippen LogP contribution is -2.12. The summed E-state index contributed by atoms with van der Waals surface area (Å²) in [5.74, 6) is -0.699. The molecule has 0 bridgehead atoms. The zero-order valence-electron chi connectivity index (χ0n) is 17.0. The third kappa shape index (κ3) is 4.22. The second-order valence-electron chi connectivity index (χ2n) is 7.31. The molecule has 0 saturated heterocycles. The van der Waals surface area contributed by atoms with E-state index in [9.17, 15) is 9.18 Å². The first-order valence-corrected chi connectivity index (χ1v) is 10.1. The van der Waals surface area contributed by atoms with Crippen molar-refractivity contribution in [2.75, 3.05) is 11.9 Å². The molecule has 2 N–H and O–H groups in total. The summed E-state index contributed by atoms with van der Waals surface area (Å²) in [6, 6.07) is 11.6. The number of nitrogens with zero attached hydrogens (tertiary/aromatic N) is 3. The number of aryl methyl sites for hydroxylation is 2. The molecule has 0 saturated carbocycles. The molecule has 0 spiro atoms. The summed E-state index contributed by atoms with van der Waals surface area (Å²) >= 11 is 6.07. The van der Waals surface area contributed by atoms with Crippen molar-refractivity contribution in [2.24, 2.45) is 0 Å². The Morgan fingerprint density at radius 2 is 1.97 bits per heavy atom. The van der Waals surface area contributed by atoms with Crippen molar-refractivity contribution in [3.63, 3.8) is 0 Å². The molecule has 2 aromatic heterocycles. The average Bonchev–Trinajstić information content (AvgIpc) is 3.04. The summed E-state index contributed by atoms with van der Waals surface area (Å²) in [6.45, 7) is 5.13. The van der Waals surface area contributed by atoms with E-state index in [1.54, 1.807) is 30.3 Å². The van der Waals surface area contributed by atoms with Gasteiger partial charge < -0.3 is 15.0 Å². The smallest absolute Gasteiger partial charge is 0.337 e. The number of carboxylic acids is 1. The van der Waals surface area contributed by atoms with E-state index in [4.69, 9.17) is 16.7 Å². The molecule has 0 aliphatic rings. The van der Waals surface area contributed by atoms with Crippen LogP contribution in [0.4, 0.5) is 10.2 Å². The summed E-state index contributed by atoms with van der Waals surface area (Å²) in [7, 11) is 0. The van der Waals surface area contributed by atoms with Crippen LogP contribution in [0.3, 0.4) is 0 Å². The fraction of sp³-hybridized carbons (Fsp3) is 0.174. The number of fused-ring (bicyclic) bond motifs is 1. The number of nitrogens with one attached hydrogen (secondary N) is 1. The fourth-order valence-electron chi connectivity index (χ4n) is 3.68. The Labute approximate surface area is 183 Å². The summed E-state index contributed by atoms with van der Waals surface area (Å²) in [4.78, 5) is 19.6. The Balaban J connectivity index is 1.51. The minimum absolute atomic E-state index is 0.0406. The van der Waals surface area contributed by atoms with Gasteiger partial charge in [0.2, 0.25) is 0 Å².